The van der Waals surface area contributed by atoms with E-state index in [2.05, 4.69) is 15.9 Å². The molecular weight excluding hydrogens is 298 g/mol. The van der Waals surface area contributed by atoms with Gasteiger partial charge in [-0.1, -0.05) is 15.9 Å². The number of hydrogen-bond donors (Lipinski definition) is 1. The SMILES string of the molecule is NC(c1ccco1)c1cc2c(cc1Br)OCCO2. The topological polar surface area (TPSA) is 57.6 Å². The van der Waals surface area contributed by atoms with E-state index in [1.807, 2.05) is 24.3 Å². The third-order valence-corrected chi connectivity index (χ3v) is 3.53. The number of ether oxygens (including phenoxy) is 2. The van der Waals surface area contributed by atoms with E-state index < -0.39 is 0 Å². The van der Waals surface area contributed by atoms with Gasteiger partial charge in [0.15, 0.2) is 11.5 Å². The van der Waals surface area contributed by atoms with Gasteiger partial charge in [-0.3, -0.25) is 0 Å². The smallest absolute Gasteiger partial charge is 0.162 e. The second-order valence-electron chi connectivity index (χ2n) is 4.01. The summed E-state index contributed by atoms with van der Waals surface area (Å²) >= 11 is 3.50. The van der Waals surface area contributed by atoms with E-state index in [0.717, 1.165) is 21.5 Å². The summed E-state index contributed by atoms with van der Waals surface area (Å²) in [5, 5.41) is 0. The van der Waals surface area contributed by atoms with Gasteiger partial charge in [0, 0.05) is 4.47 Å². The van der Waals surface area contributed by atoms with Crippen molar-refractivity contribution in [2.24, 2.45) is 5.73 Å². The van der Waals surface area contributed by atoms with Crippen LogP contribution in [-0.4, -0.2) is 13.2 Å². The zero-order chi connectivity index (χ0) is 12.5. The Kier molecular flexibility index (Phi) is 3.01. The molecule has 1 aromatic carbocycles. The van der Waals surface area contributed by atoms with Gasteiger partial charge in [0.05, 0.1) is 12.3 Å². The molecule has 94 valence electrons. The molecule has 2 heterocycles. The van der Waals surface area contributed by atoms with Gasteiger partial charge in [0.2, 0.25) is 0 Å². The predicted molar refractivity (Wildman–Crippen MR) is 69.9 cm³/mol. The van der Waals surface area contributed by atoms with Crippen molar-refractivity contribution in [2.45, 2.75) is 6.04 Å². The molecule has 0 radical (unpaired) electrons. The van der Waals surface area contributed by atoms with Crippen LogP contribution in [-0.2, 0) is 0 Å². The lowest BCUT2D eigenvalue weighted by atomic mass is 10.0. The van der Waals surface area contributed by atoms with E-state index in [9.17, 15) is 0 Å². The highest BCUT2D eigenvalue weighted by Gasteiger charge is 2.20. The van der Waals surface area contributed by atoms with Crippen LogP contribution >= 0.6 is 15.9 Å². The monoisotopic (exact) mass is 309 g/mol. The van der Waals surface area contributed by atoms with Crippen molar-refractivity contribution in [3.63, 3.8) is 0 Å². The molecule has 1 atom stereocenters. The first kappa shape index (κ1) is 11.6. The Hall–Kier alpha value is -1.46. The van der Waals surface area contributed by atoms with Crippen LogP contribution in [0, 0.1) is 0 Å². The van der Waals surface area contributed by atoms with Gasteiger partial charge in [-0.2, -0.15) is 0 Å². The van der Waals surface area contributed by atoms with Gasteiger partial charge >= 0.3 is 0 Å². The molecule has 1 unspecified atom stereocenters. The van der Waals surface area contributed by atoms with Crippen LogP contribution in [0.1, 0.15) is 17.4 Å². The Morgan fingerprint density at radius 1 is 1.17 bits per heavy atom. The minimum absolute atomic E-state index is 0.329. The number of nitrogens with two attached hydrogens (primary N) is 1. The van der Waals surface area contributed by atoms with Crippen molar-refractivity contribution in [1.82, 2.24) is 0 Å². The molecule has 4 nitrogen and oxygen atoms in total. The molecule has 0 bridgehead atoms. The molecule has 0 saturated heterocycles. The Morgan fingerprint density at radius 2 is 1.89 bits per heavy atom. The second-order valence-corrected chi connectivity index (χ2v) is 4.86. The zero-order valence-electron chi connectivity index (χ0n) is 9.56. The third-order valence-electron chi connectivity index (χ3n) is 2.85. The first-order chi connectivity index (χ1) is 8.75. The molecule has 2 aromatic rings. The lowest BCUT2D eigenvalue weighted by molar-refractivity contribution is 0.171. The molecule has 5 heteroatoms. The molecule has 0 amide bonds. The highest BCUT2D eigenvalue weighted by Crippen LogP contribution is 2.38. The molecule has 1 aliphatic heterocycles. The highest BCUT2D eigenvalue weighted by molar-refractivity contribution is 9.10. The van der Waals surface area contributed by atoms with E-state index in [4.69, 9.17) is 19.6 Å². The van der Waals surface area contributed by atoms with Gasteiger partial charge in [0.1, 0.15) is 19.0 Å². The number of halogens is 1. The fourth-order valence-corrected chi connectivity index (χ4v) is 2.51. The van der Waals surface area contributed by atoms with Crippen LogP contribution in [0.25, 0.3) is 0 Å². The number of rotatable bonds is 2. The van der Waals surface area contributed by atoms with Gasteiger partial charge in [-0.25, -0.2) is 0 Å². The van der Waals surface area contributed by atoms with Crippen LogP contribution in [0.5, 0.6) is 11.5 Å². The molecule has 0 fully saturated rings. The van der Waals surface area contributed by atoms with Crippen LogP contribution < -0.4 is 15.2 Å². The van der Waals surface area contributed by atoms with Crippen molar-refractivity contribution in [2.75, 3.05) is 13.2 Å². The fourth-order valence-electron chi connectivity index (χ4n) is 1.94. The van der Waals surface area contributed by atoms with Gasteiger partial charge in [-0.05, 0) is 29.8 Å². The quantitative estimate of drug-likeness (QED) is 0.926. The minimum atomic E-state index is -0.329. The first-order valence-electron chi connectivity index (χ1n) is 5.64. The number of furan rings is 1. The van der Waals surface area contributed by atoms with Crippen LogP contribution in [0.2, 0.25) is 0 Å². The molecule has 0 aliphatic carbocycles. The normalized spacial score (nSPS) is 15.4. The van der Waals surface area contributed by atoms with E-state index in [-0.39, 0.29) is 6.04 Å². The summed E-state index contributed by atoms with van der Waals surface area (Å²) in [4.78, 5) is 0. The van der Waals surface area contributed by atoms with Crippen LogP contribution in [0.15, 0.2) is 39.4 Å². The van der Waals surface area contributed by atoms with Crippen molar-refractivity contribution in [3.05, 3.63) is 46.3 Å². The summed E-state index contributed by atoms with van der Waals surface area (Å²) in [7, 11) is 0. The zero-order valence-corrected chi connectivity index (χ0v) is 11.1. The fraction of sp³-hybridized carbons (Fsp3) is 0.231. The maximum absolute atomic E-state index is 6.17. The summed E-state index contributed by atoms with van der Waals surface area (Å²) in [6.07, 6.45) is 1.61. The maximum atomic E-state index is 6.17. The summed E-state index contributed by atoms with van der Waals surface area (Å²) < 4.78 is 17.3. The molecule has 1 aromatic heterocycles. The number of hydrogen-bond acceptors (Lipinski definition) is 4. The van der Waals surface area contributed by atoms with Crippen LogP contribution in [0.3, 0.4) is 0 Å². The molecule has 18 heavy (non-hydrogen) atoms. The Labute approximate surface area is 113 Å². The summed E-state index contributed by atoms with van der Waals surface area (Å²) in [6.45, 7) is 1.13. The predicted octanol–water partition coefficient (Wildman–Crippen LogP) is 2.86. The second kappa shape index (κ2) is 4.66. The molecule has 3 rings (SSSR count). The lowest BCUT2D eigenvalue weighted by Gasteiger charge is -2.21. The Morgan fingerprint density at radius 3 is 2.56 bits per heavy atom. The van der Waals surface area contributed by atoms with Gasteiger partial charge < -0.3 is 19.6 Å². The molecule has 1 aliphatic rings. The number of fused-ring (bicyclic) bond motifs is 1. The van der Waals surface area contributed by atoms with E-state index >= 15 is 0 Å². The largest absolute Gasteiger partial charge is 0.486 e. The van der Waals surface area contributed by atoms with Crippen molar-refractivity contribution in [3.8, 4) is 11.5 Å². The molecule has 0 spiro atoms. The van der Waals surface area contributed by atoms with Crippen molar-refractivity contribution in [1.29, 1.82) is 0 Å². The Balaban J connectivity index is 2.01. The average Bonchev–Trinajstić information content (AvgIpc) is 2.91. The van der Waals surface area contributed by atoms with E-state index in [0.29, 0.717) is 19.0 Å². The minimum Gasteiger partial charge on any atom is -0.486 e. The van der Waals surface area contributed by atoms with Crippen molar-refractivity contribution >= 4 is 15.9 Å². The van der Waals surface area contributed by atoms with Crippen LogP contribution in [0.4, 0.5) is 0 Å². The van der Waals surface area contributed by atoms with Crippen molar-refractivity contribution < 1.29 is 13.9 Å². The van der Waals surface area contributed by atoms with Gasteiger partial charge in [0.25, 0.3) is 0 Å². The summed E-state index contributed by atoms with van der Waals surface area (Å²) in [5.41, 5.74) is 7.09. The molecular formula is C13H12BrNO3. The maximum Gasteiger partial charge on any atom is 0.162 e. The summed E-state index contributed by atoms with van der Waals surface area (Å²) in [5.74, 6) is 2.18. The van der Waals surface area contributed by atoms with E-state index in [1.54, 1.807) is 6.26 Å². The standard InChI is InChI=1S/C13H12BrNO3/c14-9-7-12-11(17-4-5-18-12)6-8(9)13(15)10-2-1-3-16-10/h1-3,6-7,13H,4-5,15H2. The first-order valence-corrected chi connectivity index (χ1v) is 6.43. The average molecular weight is 310 g/mol. The summed E-state index contributed by atoms with van der Waals surface area (Å²) in [6, 6.07) is 7.12. The lowest BCUT2D eigenvalue weighted by Crippen LogP contribution is -2.17. The van der Waals surface area contributed by atoms with Gasteiger partial charge in [-0.15, -0.1) is 0 Å². The molecule has 0 saturated carbocycles. The third kappa shape index (κ3) is 2.00. The van der Waals surface area contributed by atoms with E-state index in [1.165, 1.54) is 0 Å². The molecule has 2 N–H and O–H groups in total. The Bertz CT molecular complexity index is 554. The number of benzene rings is 1. The highest BCUT2D eigenvalue weighted by atomic mass is 79.9.